The highest BCUT2D eigenvalue weighted by Gasteiger charge is 2.46. The van der Waals surface area contributed by atoms with Crippen LogP contribution in [0.3, 0.4) is 0 Å². The highest BCUT2D eigenvalue weighted by atomic mass is 35.5. The Hall–Kier alpha value is -6.38. The van der Waals surface area contributed by atoms with Crippen LogP contribution in [0, 0.1) is 33.3 Å². The summed E-state index contributed by atoms with van der Waals surface area (Å²) in [5, 5.41) is 43.7. The number of allylic oxidation sites excluding steroid dienone is 2. The van der Waals surface area contributed by atoms with Gasteiger partial charge in [-0.1, -0.05) is 55.8 Å². The number of aromatic amines is 1. The van der Waals surface area contributed by atoms with E-state index in [9.17, 15) is 72.9 Å². The first kappa shape index (κ1) is 64.2. The van der Waals surface area contributed by atoms with Crippen LogP contribution in [-0.4, -0.2) is 113 Å². The number of Topliss-reactive ketones (excluding diaryl/α,β-unsaturated/α-hetero) is 2. The van der Waals surface area contributed by atoms with E-state index in [0.29, 0.717) is 0 Å². The number of rotatable bonds is 22. The van der Waals surface area contributed by atoms with Crippen LogP contribution in [0.1, 0.15) is 85.0 Å². The van der Waals surface area contributed by atoms with Gasteiger partial charge in [0.2, 0.25) is 5.78 Å². The van der Waals surface area contributed by atoms with Gasteiger partial charge in [-0.05, 0) is 47.4 Å². The number of phosphoric ester groups is 1. The number of H-pyrrole nitrogens is 1. The molecule has 8 atom stereocenters. The monoisotopic (exact) mass is 1260 g/mol. The molecule has 83 heavy (non-hydrogen) atoms. The lowest BCUT2D eigenvalue weighted by atomic mass is 9.77. The van der Waals surface area contributed by atoms with Gasteiger partial charge in [-0.25, -0.2) is 18.5 Å². The second kappa shape index (κ2) is 25.5. The minimum absolute atomic E-state index is 0.0272. The third-order valence-electron chi connectivity index (χ3n) is 12.7. The molecule has 0 radical (unpaired) electrons. The normalized spacial score (nSPS) is 21.7. The number of ketones is 2. The van der Waals surface area contributed by atoms with Crippen molar-refractivity contribution in [3.05, 3.63) is 146 Å². The lowest BCUT2D eigenvalue weighted by molar-refractivity contribution is -0.386. The fourth-order valence-electron chi connectivity index (χ4n) is 9.09. The third kappa shape index (κ3) is 14.6. The SMILES string of the molecule is COC1=CC2C(c3cc(C(=O)CCC#Cc4cc([N+](=O)[O-])c([C@@H](OCc5cn([C@H]6CC(O)[C@@H](COP(=O)(O)OP(=O)(O)OP(=O)(O)O)O6)c(=O)[nH]c5=O)C(C)(C)C)cc4OC)ccc3OC=O)=C3C=C(CO)C(=O)C(Cl)=C3OC2C(Cl)=C1O. The highest BCUT2D eigenvalue weighted by molar-refractivity contribution is 7.66. The van der Waals surface area contributed by atoms with Gasteiger partial charge < -0.3 is 63.3 Å². The number of nitrogens with zero attached hydrogens (tertiary/aromatic N) is 2. The van der Waals surface area contributed by atoms with Gasteiger partial charge in [-0.3, -0.25) is 43.4 Å². The number of aliphatic hydroxyl groups is 3. The smallest absolute Gasteiger partial charge is 0.490 e. The van der Waals surface area contributed by atoms with E-state index in [2.05, 4.69) is 30.0 Å². The molecule has 3 heterocycles. The molecule has 7 rings (SSSR count). The molecule has 0 saturated carbocycles. The maximum atomic E-state index is 14.0. The van der Waals surface area contributed by atoms with Gasteiger partial charge in [-0.2, -0.15) is 8.62 Å². The van der Waals surface area contributed by atoms with Gasteiger partial charge in [0.1, 0.15) is 40.0 Å². The van der Waals surface area contributed by atoms with Crippen LogP contribution in [-0.2, 0) is 62.0 Å². The Balaban J connectivity index is 1.11. The number of methoxy groups -OCH3 is 2. The fourth-order valence-corrected chi connectivity index (χ4v) is 12.7. The Bertz CT molecular complexity index is 3680. The van der Waals surface area contributed by atoms with E-state index in [-0.39, 0.29) is 91.9 Å². The zero-order chi connectivity index (χ0) is 61.3. The molecular formula is C49H50Cl2N3O26P3. The third-order valence-corrected chi connectivity index (χ3v) is 17.3. The van der Waals surface area contributed by atoms with E-state index in [1.165, 1.54) is 50.6 Å². The van der Waals surface area contributed by atoms with Crippen molar-refractivity contribution in [3.8, 4) is 23.3 Å². The first-order chi connectivity index (χ1) is 38.8. The van der Waals surface area contributed by atoms with Crippen LogP contribution in [0.15, 0.2) is 96.8 Å². The molecule has 1 fully saturated rings. The van der Waals surface area contributed by atoms with Crippen LogP contribution < -0.4 is 20.7 Å². The van der Waals surface area contributed by atoms with E-state index in [1.807, 2.05) is 0 Å². The molecule has 34 heteroatoms. The van der Waals surface area contributed by atoms with E-state index < -0.39 is 136 Å². The molecule has 0 bridgehead atoms. The van der Waals surface area contributed by atoms with Gasteiger partial charge in [-0.15, -0.1) is 0 Å². The average molecular weight is 1260 g/mol. The molecule has 2 aliphatic carbocycles. The van der Waals surface area contributed by atoms with Crippen LogP contribution >= 0.6 is 46.7 Å². The van der Waals surface area contributed by atoms with E-state index >= 15 is 0 Å². The number of hydrogen-bond acceptors (Lipinski definition) is 22. The number of halogens is 2. The van der Waals surface area contributed by atoms with Crippen molar-refractivity contribution in [1.29, 1.82) is 0 Å². The number of benzene rings is 2. The summed E-state index contributed by atoms with van der Waals surface area (Å²) in [7, 11) is -14.6. The topological polar surface area (TPSA) is 425 Å². The number of carbonyl (C=O) groups excluding carboxylic acids is 3. The van der Waals surface area contributed by atoms with Gasteiger partial charge >= 0.3 is 29.2 Å². The molecule has 0 spiro atoms. The molecule has 29 nitrogen and oxygen atoms in total. The summed E-state index contributed by atoms with van der Waals surface area (Å²) in [5.41, 5.74) is -3.17. The zero-order valence-corrected chi connectivity index (χ0v) is 48.0. The molecule has 446 valence electrons. The average Bonchev–Trinajstić information content (AvgIpc) is 1.93. The van der Waals surface area contributed by atoms with Crippen molar-refractivity contribution in [1.82, 2.24) is 9.55 Å². The lowest BCUT2D eigenvalue weighted by Gasteiger charge is -2.39. The molecular weight excluding hydrogens is 1210 g/mol. The minimum atomic E-state index is -5.87. The number of nitro benzene ring substituents is 1. The number of aliphatic hydroxyl groups excluding tert-OH is 3. The molecule has 2 aliphatic heterocycles. The second-order valence-corrected chi connectivity index (χ2v) is 24.5. The largest absolute Gasteiger partial charge is 0.503 e. The van der Waals surface area contributed by atoms with E-state index in [1.54, 1.807) is 20.8 Å². The summed E-state index contributed by atoms with van der Waals surface area (Å²) in [4.78, 5) is 116. The van der Waals surface area contributed by atoms with Gasteiger partial charge in [0.15, 0.2) is 23.1 Å². The predicted molar refractivity (Wildman–Crippen MR) is 285 cm³/mol. The number of carbonyl (C=O) groups is 3. The fraction of sp³-hybridized carbons (Fsp3) is 0.367. The van der Waals surface area contributed by atoms with Crippen molar-refractivity contribution in [2.45, 2.75) is 77.3 Å². The number of nitrogens with one attached hydrogen (secondary N) is 1. The summed E-state index contributed by atoms with van der Waals surface area (Å²) in [6.45, 7) is 2.81. The summed E-state index contributed by atoms with van der Waals surface area (Å²) in [6.07, 6.45) is -3.83. The standard InChI is InChI=1S/C49H50Cl2N3O26P3/c1-49(2,3)46(74-20-26-18-53(48(62)52-47(26)61)38-17-33(58)37(77-38)21-76-82(68,69)80-83(70,71)79-81(65,66)67)27-15-35(72-4)24(14-31(27)54(63)64)8-6-7-9-32(57)23-10-11-34(75-22-56)28(12-23)39-29-13-25(19-55)42(59)40(50)44(29)78-45-30(39)16-36(73-5)43(60)41(45)51/h10-16,18,22,30,33,37-38,45-46,55,58,60H,7,9,17,19-21H2,1-5H3,(H,68,69)(H,70,71)(H,52,61,62)(H2,65,66,67)/t30?,33?,37-,38-,45?,46-/m1/s1. The van der Waals surface area contributed by atoms with Gasteiger partial charge in [0, 0.05) is 59.7 Å². The molecule has 8 N–H and O–H groups in total. The second-order valence-electron chi connectivity index (χ2n) is 19.3. The summed E-state index contributed by atoms with van der Waals surface area (Å²) < 4.78 is 81.9. The molecule has 1 saturated heterocycles. The maximum absolute atomic E-state index is 14.0. The maximum Gasteiger partial charge on any atom is 0.490 e. The highest BCUT2D eigenvalue weighted by Crippen LogP contribution is 2.66. The Morgan fingerprint density at radius 2 is 1.75 bits per heavy atom. The Morgan fingerprint density at radius 3 is 2.37 bits per heavy atom. The van der Waals surface area contributed by atoms with E-state index in [0.717, 1.165) is 16.8 Å². The minimum Gasteiger partial charge on any atom is -0.503 e. The number of fused-ring (bicyclic) bond motifs is 2. The molecule has 2 aromatic carbocycles. The van der Waals surface area contributed by atoms with Crippen molar-refractivity contribution in [3.63, 3.8) is 0 Å². The van der Waals surface area contributed by atoms with Crippen molar-refractivity contribution in [2.75, 3.05) is 27.4 Å². The van der Waals surface area contributed by atoms with Crippen LogP contribution in [0.25, 0.3) is 5.57 Å². The Labute approximate surface area is 478 Å². The number of nitro groups is 1. The lowest BCUT2D eigenvalue weighted by Crippen LogP contribution is -2.35. The summed E-state index contributed by atoms with van der Waals surface area (Å²) in [5.74, 6) is 2.80. The van der Waals surface area contributed by atoms with Gasteiger partial charge in [0.25, 0.3) is 17.7 Å². The summed E-state index contributed by atoms with van der Waals surface area (Å²) >= 11 is 13.1. The number of ether oxygens (including phenoxy) is 6. The molecule has 3 aromatic rings. The molecule has 0 amide bonds. The van der Waals surface area contributed by atoms with Crippen molar-refractivity contribution >= 4 is 76.0 Å². The number of hydrogen-bond donors (Lipinski definition) is 8. The van der Waals surface area contributed by atoms with Crippen LogP contribution in [0.4, 0.5) is 5.69 Å². The van der Waals surface area contributed by atoms with Gasteiger partial charge in [0.05, 0.1) is 67.9 Å². The Kier molecular flexibility index (Phi) is 19.7. The zero-order valence-electron chi connectivity index (χ0n) is 43.8. The molecule has 1 aromatic heterocycles. The molecule has 5 unspecified atom stereocenters. The van der Waals surface area contributed by atoms with Crippen molar-refractivity contribution < 1.29 is 109 Å². The quantitative estimate of drug-likeness (QED) is 0.0152. The number of phosphoric acid groups is 3. The predicted octanol–water partition coefficient (Wildman–Crippen LogP) is 5.57. The molecule has 4 aliphatic rings. The first-order valence-electron chi connectivity index (χ1n) is 24.0. The first-order valence-corrected chi connectivity index (χ1v) is 29.3. The van der Waals surface area contributed by atoms with Crippen molar-refractivity contribution in [2.24, 2.45) is 11.3 Å². The van der Waals surface area contributed by atoms with Crippen LogP contribution in [0.2, 0.25) is 0 Å². The van der Waals surface area contributed by atoms with E-state index in [4.69, 9.17) is 61.4 Å². The van der Waals surface area contributed by atoms with Crippen LogP contribution in [0.5, 0.6) is 11.5 Å². The Morgan fingerprint density at radius 1 is 1.04 bits per heavy atom. The number of aromatic nitrogens is 2. The summed E-state index contributed by atoms with van der Waals surface area (Å²) in [6, 6.07) is 6.60.